The summed E-state index contributed by atoms with van der Waals surface area (Å²) in [7, 11) is 2.85. The van der Waals surface area contributed by atoms with Crippen LogP contribution in [0.15, 0.2) is 77.5 Å². The first kappa shape index (κ1) is 24.6. The predicted molar refractivity (Wildman–Crippen MR) is 134 cm³/mol. The molecule has 3 atom stereocenters. The number of nitrogens with zero attached hydrogens (tertiary/aromatic N) is 1. The Morgan fingerprint density at radius 3 is 2.38 bits per heavy atom. The van der Waals surface area contributed by atoms with Gasteiger partial charge >= 0.3 is 11.9 Å². The smallest absolute Gasteiger partial charge is 0.355 e. The van der Waals surface area contributed by atoms with Crippen molar-refractivity contribution in [3.05, 3.63) is 88.6 Å². The molecule has 0 unspecified atom stereocenters. The van der Waals surface area contributed by atoms with E-state index in [1.807, 2.05) is 30.3 Å². The van der Waals surface area contributed by atoms with E-state index in [1.54, 1.807) is 37.5 Å². The molecule has 1 N–H and O–H groups in total. The fraction of sp³-hybridized carbons (Fsp3) is 0.259. The summed E-state index contributed by atoms with van der Waals surface area (Å²) in [4.78, 5) is 52.5. The molecular weight excluding hydrogens is 496 g/mol. The molecule has 0 saturated carbocycles. The Kier molecular flexibility index (Phi) is 6.75. The number of thioether (sulfide) groups is 1. The lowest BCUT2D eigenvalue weighted by Gasteiger charge is -2.53. The second-order valence-corrected chi connectivity index (χ2v) is 9.87. The molecule has 2 aliphatic heterocycles. The monoisotopic (exact) mass is 520 g/mol. The molecule has 0 aromatic heterocycles. The van der Waals surface area contributed by atoms with Crippen LogP contribution in [0.1, 0.15) is 11.1 Å². The van der Waals surface area contributed by atoms with Gasteiger partial charge in [-0.15, -0.1) is 11.8 Å². The molecule has 190 valence electrons. The van der Waals surface area contributed by atoms with Crippen molar-refractivity contribution in [1.82, 2.24) is 10.2 Å². The molecular formula is C27H24N2O7S. The van der Waals surface area contributed by atoms with Gasteiger partial charge in [0.25, 0.3) is 5.91 Å². The Morgan fingerprint density at radius 2 is 1.70 bits per heavy atom. The van der Waals surface area contributed by atoms with Crippen LogP contribution >= 0.6 is 11.8 Å². The summed E-state index contributed by atoms with van der Waals surface area (Å²) in [5, 5.41) is 1.77. The first-order valence-corrected chi connectivity index (χ1v) is 12.5. The van der Waals surface area contributed by atoms with E-state index in [1.165, 1.54) is 23.8 Å². The van der Waals surface area contributed by atoms with Gasteiger partial charge in [-0.25, -0.2) is 9.59 Å². The molecule has 37 heavy (non-hydrogen) atoms. The Morgan fingerprint density at radius 1 is 0.973 bits per heavy atom. The lowest BCUT2D eigenvalue weighted by atomic mass is 9.87. The average Bonchev–Trinajstić information content (AvgIpc) is 2.91. The van der Waals surface area contributed by atoms with Crippen LogP contribution in [0.25, 0.3) is 0 Å². The van der Waals surface area contributed by atoms with Gasteiger partial charge in [-0.3, -0.25) is 14.5 Å². The molecule has 10 heteroatoms. The number of carbonyl (C=O) groups is 4. The fourth-order valence-electron chi connectivity index (χ4n) is 4.43. The third kappa shape index (κ3) is 4.60. The van der Waals surface area contributed by atoms with E-state index in [9.17, 15) is 19.2 Å². The van der Waals surface area contributed by atoms with Crippen LogP contribution < -0.4 is 10.1 Å². The van der Waals surface area contributed by atoms with Crippen molar-refractivity contribution in [3.63, 3.8) is 0 Å². The molecule has 0 spiro atoms. The molecule has 2 amide bonds. The van der Waals surface area contributed by atoms with Crippen molar-refractivity contribution in [2.24, 2.45) is 0 Å². The van der Waals surface area contributed by atoms with E-state index in [0.29, 0.717) is 16.9 Å². The molecule has 3 aliphatic rings. The van der Waals surface area contributed by atoms with Gasteiger partial charge in [-0.1, -0.05) is 42.5 Å². The van der Waals surface area contributed by atoms with Crippen LogP contribution in [0, 0.1) is 0 Å². The van der Waals surface area contributed by atoms with E-state index in [0.717, 1.165) is 11.1 Å². The average molecular weight is 521 g/mol. The van der Waals surface area contributed by atoms with Crippen LogP contribution in [0.3, 0.4) is 0 Å². The number of benzene rings is 2. The Bertz CT molecular complexity index is 1320. The summed E-state index contributed by atoms with van der Waals surface area (Å²) in [5.74, 6) is -1.21. The van der Waals surface area contributed by atoms with Crippen molar-refractivity contribution < 1.29 is 33.4 Å². The number of hydrogen-bond donors (Lipinski definition) is 1. The van der Waals surface area contributed by atoms with Crippen molar-refractivity contribution in [3.8, 4) is 5.75 Å². The summed E-state index contributed by atoms with van der Waals surface area (Å²) in [6.07, 6.45) is 1.68. The Hall–Kier alpha value is -4.05. The number of methoxy groups -OCH3 is 2. The van der Waals surface area contributed by atoms with E-state index in [4.69, 9.17) is 14.2 Å². The Labute approximate surface area is 217 Å². The summed E-state index contributed by atoms with van der Waals surface area (Å²) < 4.78 is 15.5. The molecule has 5 rings (SSSR count). The minimum Gasteiger partial charge on any atom is -0.497 e. The summed E-state index contributed by atoms with van der Waals surface area (Å²) >= 11 is 1.32. The topological polar surface area (TPSA) is 111 Å². The summed E-state index contributed by atoms with van der Waals surface area (Å²) in [6.45, 7) is -0.00503. The Balaban J connectivity index is 1.33. The number of nitrogens with one attached hydrogen (secondary N) is 1. The second kappa shape index (κ2) is 10.1. The van der Waals surface area contributed by atoms with E-state index in [2.05, 4.69) is 5.32 Å². The maximum absolute atomic E-state index is 13.2. The quantitative estimate of drug-likeness (QED) is 0.416. The van der Waals surface area contributed by atoms with Crippen molar-refractivity contribution in [1.29, 1.82) is 0 Å². The zero-order chi connectivity index (χ0) is 26.1. The SMILES string of the molecule is COC(=O)C1=CC2=C(C(=O)OCc3ccc(OC)cc3)N3C(=O)[C@@H](NC(=O)Cc4ccccc4)[C@H]3S[C@@H]12. The molecule has 2 aromatic rings. The van der Waals surface area contributed by atoms with Gasteiger partial charge in [-0.05, 0) is 29.3 Å². The summed E-state index contributed by atoms with van der Waals surface area (Å²) in [5.41, 5.74) is 2.59. The molecule has 0 bridgehead atoms. The highest BCUT2D eigenvalue weighted by Gasteiger charge is 2.58. The number of β-lactam (4-membered cyclic amide) rings is 1. The molecule has 9 nitrogen and oxygen atoms in total. The third-order valence-corrected chi connectivity index (χ3v) is 7.92. The number of allylic oxidation sites excluding steroid dienone is 1. The van der Waals surface area contributed by atoms with Gasteiger partial charge < -0.3 is 19.5 Å². The normalized spacial score (nSPS) is 21.5. The van der Waals surface area contributed by atoms with Gasteiger partial charge in [0.15, 0.2) is 0 Å². The van der Waals surface area contributed by atoms with Gasteiger partial charge in [0.1, 0.15) is 29.5 Å². The number of amides is 2. The van der Waals surface area contributed by atoms with Crippen molar-refractivity contribution in [2.75, 3.05) is 14.2 Å². The fourth-order valence-corrected chi connectivity index (χ4v) is 6.02. The molecule has 2 heterocycles. The first-order chi connectivity index (χ1) is 17.9. The number of ether oxygens (including phenoxy) is 3. The minimum absolute atomic E-state index is 0.00503. The minimum atomic E-state index is -0.827. The van der Waals surface area contributed by atoms with Crippen molar-refractivity contribution in [2.45, 2.75) is 29.7 Å². The molecule has 1 aliphatic carbocycles. The van der Waals surface area contributed by atoms with Crippen LogP contribution in [-0.4, -0.2) is 59.5 Å². The van der Waals surface area contributed by atoms with Crippen LogP contribution in [0.5, 0.6) is 5.75 Å². The number of hydrogen-bond acceptors (Lipinski definition) is 8. The molecule has 0 radical (unpaired) electrons. The molecule has 1 fully saturated rings. The zero-order valence-electron chi connectivity index (χ0n) is 20.1. The number of carbonyl (C=O) groups excluding carboxylic acids is 4. The molecule has 2 aromatic carbocycles. The third-order valence-electron chi connectivity index (χ3n) is 6.38. The second-order valence-electron chi connectivity index (χ2n) is 8.64. The standard InChI is InChI=1S/C27H24N2O7S/c1-34-17-10-8-16(9-11-17)14-36-27(33)22-18-13-19(26(32)35-2)23(18)37-25-21(24(31)29(22)25)28-20(30)12-15-6-4-3-5-7-15/h3-11,13,21,23,25H,12,14H2,1-2H3,(H,28,30)/t21-,23-,25-/m1/s1. The number of fused-ring (bicyclic) bond motifs is 2. The number of rotatable bonds is 8. The maximum atomic E-state index is 13.2. The first-order valence-electron chi connectivity index (χ1n) is 11.6. The van der Waals surface area contributed by atoms with E-state index < -0.39 is 34.5 Å². The van der Waals surface area contributed by atoms with Crippen LogP contribution in [-0.2, 0) is 41.7 Å². The largest absolute Gasteiger partial charge is 0.497 e. The lowest BCUT2D eigenvalue weighted by Crippen LogP contribution is -2.71. The highest BCUT2D eigenvalue weighted by Crippen LogP contribution is 2.51. The predicted octanol–water partition coefficient (Wildman–Crippen LogP) is 2.12. The summed E-state index contributed by atoms with van der Waals surface area (Å²) in [6, 6.07) is 15.4. The lowest BCUT2D eigenvalue weighted by molar-refractivity contribution is -0.153. The highest BCUT2D eigenvalue weighted by molar-refractivity contribution is 8.01. The van der Waals surface area contributed by atoms with E-state index >= 15 is 0 Å². The molecule has 1 saturated heterocycles. The highest BCUT2D eigenvalue weighted by atomic mass is 32.2. The van der Waals surface area contributed by atoms with Crippen LogP contribution in [0.2, 0.25) is 0 Å². The van der Waals surface area contributed by atoms with E-state index in [-0.39, 0.29) is 24.6 Å². The maximum Gasteiger partial charge on any atom is 0.355 e. The van der Waals surface area contributed by atoms with Crippen LogP contribution in [0.4, 0.5) is 0 Å². The van der Waals surface area contributed by atoms with Gasteiger partial charge in [0.2, 0.25) is 5.91 Å². The van der Waals surface area contributed by atoms with Gasteiger partial charge in [0, 0.05) is 5.57 Å². The number of esters is 2. The van der Waals surface area contributed by atoms with Gasteiger partial charge in [-0.2, -0.15) is 0 Å². The van der Waals surface area contributed by atoms with Gasteiger partial charge in [0.05, 0.1) is 31.5 Å². The zero-order valence-corrected chi connectivity index (χ0v) is 20.9. The van der Waals surface area contributed by atoms with Crippen molar-refractivity contribution >= 4 is 35.5 Å².